The zero-order valence-corrected chi connectivity index (χ0v) is 21.5. The van der Waals surface area contributed by atoms with Crippen molar-refractivity contribution < 1.29 is 18.3 Å². The standard InChI is InChI=1S/C14H23FN4.C13H15FN2O2/c1-3-18-14(5-4-11(2)15)13(16)7-8-17-10-12-6-9-19-12;14-11-4-2-1-3-9(11)13(15)10(7-17)12-8-18-6-5-16-12/h4-5,7-8,11-12,19H,3,6,9-10,16H2,1-2H3;1-4,7,13,16H,5-6,8,15H2/b5-4-,13-7-,17-8?,18-14?;12-10-/t11?,12-;/m0./s1. The number of hydrogen-bond donors (Lipinski definition) is 4. The Morgan fingerprint density at radius 1 is 1.32 bits per heavy atom. The second kappa shape index (κ2) is 16.5. The van der Waals surface area contributed by atoms with Crippen molar-refractivity contribution in [3.63, 3.8) is 0 Å². The molecule has 3 rings (SSSR count). The third kappa shape index (κ3) is 10.4. The van der Waals surface area contributed by atoms with Crippen molar-refractivity contribution in [1.82, 2.24) is 10.6 Å². The molecule has 10 heteroatoms. The molecular weight excluding hydrogens is 478 g/mol. The maximum atomic E-state index is 13.6. The lowest BCUT2D eigenvalue weighted by atomic mass is 9.98. The van der Waals surface area contributed by atoms with E-state index in [1.165, 1.54) is 25.5 Å². The second-order valence-corrected chi connectivity index (χ2v) is 8.50. The van der Waals surface area contributed by atoms with E-state index in [1.54, 1.807) is 36.6 Å². The molecule has 2 aliphatic heterocycles. The van der Waals surface area contributed by atoms with Crippen LogP contribution in [0.2, 0.25) is 0 Å². The van der Waals surface area contributed by atoms with Crippen molar-refractivity contribution >= 4 is 18.2 Å². The van der Waals surface area contributed by atoms with Gasteiger partial charge < -0.3 is 26.8 Å². The van der Waals surface area contributed by atoms with Gasteiger partial charge in [0.25, 0.3) is 0 Å². The lowest BCUT2D eigenvalue weighted by molar-refractivity contribution is -0.105. The number of alkyl halides is 1. The van der Waals surface area contributed by atoms with Gasteiger partial charge in [0.1, 0.15) is 18.3 Å². The maximum Gasteiger partial charge on any atom is 0.149 e. The monoisotopic (exact) mass is 516 g/mol. The summed E-state index contributed by atoms with van der Waals surface area (Å²) in [4.78, 5) is 19.7. The number of benzene rings is 1. The highest BCUT2D eigenvalue weighted by molar-refractivity contribution is 6.09. The topological polar surface area (TPSA) is 127 Å². The molecule has 0 saturated carbocycles. The van der Waals surface area contributed by atoms with Crippen LogP contribution in [0.15, 0.2) is 69.4 Å². The third-order valence-electron chi connectivity index (χ3n) is 5.64. The van der Waals surface area contributed by atoms with Crippen LogP contribution in [0.4, 0.5) is 8.78 Å². The van der Waals surface area contributed by atoms with Gasteiger partial charge in [-0.1, -0.05) is 18.2 Å². The fourth-order valence-corrected chi connectivity index (χ4v) is 3.46. The molecule has 0 amide bonds. The number of rotatable bonds is 10. The molecule has 0 bridgehead atoms. The van der Waals surface area contributed by atoms with Crippen LogP contribution in [-0.2, 0) is 9.53 Å². The highest BCUT2D eigenvalue weighted by Crippen LogP contribution is 2.23. The number of morpholine rings is 1. The molecule has 37 heavy (non-hydrogen) atoms. The van der Waals surface area contributed by atoms with E-state index >= 15 is 0 Å². The SMILES string of the molecule is CCN=C(/C=C\C(C)F)/C(N)=C/C=NC[C@@H]1CCN1.NC(/C(C=O)=C1/COCCN1)c1ccccc1F. The number of carbonyl (C=O) groups excluding carboxylic acids is 1. The first-order chi connectivity index (χ1) is 17.9. The Hall–Kier alpha value is -3.21. The summed E-state index contributed by atoms with van der Waals surface area (Å²) in [7, 11) is 0. The summed E-state index contributed by atoms with van der Waals surface area (Å²) in [6.45, 7) is 7.35. The van der Waals surface area contributed by atoms with Crippen molar-refractivity contribution in [2.45, 2.75) is 38.5 Å². The molecule has 2 saturated heterocycles. The number of hydrogen-bond acceptors (Lipinski definition) is 8. The molecule has 2 aliphatic rings. The van der Waals surface area contributed by atoms with Crippen LogP contribution in [0.1, 0.15) is 31.9 Å². The van der Waals surface area contributed by atoms with E-state index in [1.807, 2.05) is 6.92 Å². The molecule has 2 heterocycles. The maximum absolute atomic E-state index is 13.6. The van der Waals surface area contributed by atoms with Crippen molar-refractivity contribution in [1.29, 1.82) is 0 Å². The van der Waals surface area contributed by atoms with E-state index in [0.717, 1.165) is 13.1 Å². The fraction of sp³-hybridized carbons (Fsp3) is 0.444. The van der Waals surface area contributed by atoms with Gasteiger partial charge in [-0.3, -0.25) is 14.8 Å². The number of ether oxygens (including phenoxy) is 1. The quantitative estimate of drug-likeness (QED) is 0.215. The number of nitrogens with one attached hydrogen (secondary N) is 2. The van der Waals surface area contributed by atoms with Crippen LogP contribution in [0.5, 0.6) is 0 Å². The number of carbonyl (C=O) groups is 1. The van der Waals surface area contributed by atoms with Crippen LogP contribution in [-0.4, -0.2) is 69.8 Å². The van der Waals surface area contributed by atoms with Gasteiger partial charge in [-0.15, -0.1) is 0 Å². The molecule has 8 nitrogen and oxygen atoms in total. The zero-order valence-electron chi connectivity index (χ0n) is 21.5. The Kier molecular flexibility index (Phi) is 13.4. The number of halogens is 2. The molecule has 3 atom stereocenters. The Labute approximate surface area is 217 Å². The molecule has 202 valence electrons. The summed E-state index contributed by atoms with van der Waals surface area (Å²) in [6.07, 6.45) is 7.28. The van der Waals surface area contributed by atoms with Crippen LogP contribution in [0.25, 0.3) is 0 Å². The summed E-state index contributed by atoms with van der Waals surface area (Å²) in [5, 5.41) is 6.33. The third-order valence-corrected chi connectivity index (χ3v) is 5.64. The molecule has 0 aliphatic carbocycles. The number of aldehydes is 1. The number of allylic oxidation sites excluding steroid dienone is 3. The second-order valence-electron chi connectivity index (χ2n) is 8.50. The van der Waals surface area contributed by atoms with Gasteiger partial charge in [0.15, 0.2) is 0 Å². The van der Waals surface area contributed by atoms with Crippen LogP contribution >= 0.6 is 0 Å². The number of nitrogens with zero attached hydrogens (tertiary/aromatic N) is 2. The molecule has 2 unspecified atom stereocenters. The highest BCUT2D eigenvalue weighted by atomic mass is 19.1. The molecule has 1 aromatic carbocycles. The van der Waals surface area contributed by atoms with Crippen molar-refractivity contribution in [3.8, 4) is 0 Å². The average Bonchev–Trinajstić information content (AvgIpc) is 2.86. The Morgan fingerprint density at radius 3 is 2.65 bits per heavy atom. The fourth-order valence-electron chi connectivity index (χ4n) is 3.46. The highest BCUT2D eigenvalue weighted by Gasteiger charge is 2.20. The van der Waals surface area contributed by atoms with Crippen molar-refractivity contribution in [2.24, 2.45) is 21.5 Å². The van der Waals surface area contributed by atoms with Gasteiger partial charge in [-0.05, 0) is 51.1 Å². The predicted molar refractivity (Wildman–Crippen MR) is 145 cm³/mol. The van der Waals surface area contributed by atoms with E-state index < -0.39 is 18.0 Å². The molecule has 0 spiro atoms. The van der Waals surface area contributed by atoms with Gasteiger partial charge in [0, 0.05) is 42.2 Å². The molecule has 0 aromatic heterocycles. The van der Waals surface area contributed by atoms with Gasteiger partial charge in [0.05, 0.1) is 37.2 Å². The Bertz CT molecular complexity index is 1010. The summed E-state index contributed by atoms with van der Waals surface area (Å²) in [6, 6.07) is 5.90. The van der Waals surface area contributed by atoms with E-state index in [2.05, 4.69) is 20.6 Å². The summed E-state index contributed by atoms with van der Waals surface area (Å²) in [5.41, 5.74) is 14.2. The first-order valence-electron chi connectivity index (χ1n) is 12.4. The Balaban J connectivity index is 0.000000260. The normalized spacial score (nSPS) is 21.5. The van der Waals surface area contributed by atoms with E-state index in [0.29, 0.717) is 66.9 Å². The summed E-state index contributed by atoms with van der Waals surface area (Å²) >= 11 is 0. The van der Waals surface area contributed by atoms with Crippen LogP contribution < -0.4 is 22.1 Å². The summed E-state index contributed by atoms with van der Waals surface area (Å²) in [5.74, 6) is -0.415. The minimum Gasteiger partial charge on any atom is -0.397 e. The largest absolute Gasteiger partial charge is 0.397 e. The molecule has 1 aromatic rings. The minimum atomic E-state index is -1.01. The molecular formula is C27H38F2N6O2. The van der Waals surface area contributed by atoms with E-state index in [-0.39, 0.29) is 0 Å². The first kappa shape index (κ1) is 30.0. The van der Waals surface area contributed by atoms with Gasteiger partial charge >= 0.3 is 0 Å². The molecule has 0 radical (unpaired) electrons. The van der Waals surface area contributed by atoms with E-state index in [9.17, 15) is 13.6 Å². The van der Waals surface area contributed by atoms with Crippen molar-refractivity contribution in [3.05, 3.63) is 70.8 Å². The lowest BCUT2D eigenvalue weighted by Gasteiger charge is -2.25. The summed E-state index contributed by atoms with van der Waals surface area (Å²) < 4.78 is 31.7. The number of nitrogens with two attached hydrogens (primary N) is 2. The predicted octanol–water partition coefficient (Wildman–Crippen LogP) is 2.54. The van der Waals surface area contributed by atoms with Gasteiger partial charge in [0.2, 0.25) is 0 Å². The van der Waals surface area contributed by atoms with Gasteiger partial charge in [-0.2, -0.15) is 0 Å². The van der Waals surface area contributed by atoms with Crippen LogP contribution in [0, 0.1) is 5.82 Å². The Morgan fingerprint density at radius 2 is 2.08 bits per heavy atom. The number of aliphatic imine (C=N–C) groups is 2. The molecule has 6 N–H and O–H groups in total. The average molecular weight is 517 g/mol. The van der Waals surface area contributed by atoms with E-state index in [4.69, 9.17) is 16.2 Å². The minimum absolute atomic E-state index is 0.302. The lowest BCUT2D eigenvalue weighted by Crippen LogP contribution is -2.44. The molecule has 2 fully saturated rings. The van der Waals surface area contributed by atoms with Crippen molar-refractivity contribution in [2.75, 3.05) is 39.4 Å². The van der Waals surface area contributed by atoms with Gasteiger partial charge in [-0.25, -0.2) is 8.78 Å². The zero-order chi connectivity index (χ0) is 27.0. The first-order valence-corrected chi connectivity index (χ1v) is 12.4. The van der Waals surface area contributed by atoms with Crippen LogP contribution in [0.3, 0.4) is 0 Å². The smallest absolute Gasteiger partial charge is 0.149 e.